The Morgan fingerprint density at radius 3 is 2.64 bits per heavy atom. The van der Waals surface area contributed by atoms with E-state index < -0.39 is 4.92 Å². The van der Waals surface area contributed by atoms with Gasteiger partial charge in [-0.15, -0.1) is 0 Å². The Morgan fingerprint density at radius 1 is 1.27 bits per heavy atom. The molecule has 0 saturated heterocycles. The maximum absolute atomic E-state index is 10.7. The first-order valence-electron chi connectivity index (χ1n) is 6.52. The van der Waals surface area contributed by atoms with E-state index in [4.69, 9.17) is 4.74 Å². The molecule has 22 heavy (non-hydrogen) atoms. The summed E-state index contributed by atoms with van der Waals surface area (Å²) in [5.41, 5.74) is 1.45. The number of aryl methyl sites for hydroxylation is 1. The van der Waals surface area contributed by atoms with Crippen LogP contribution in [-0.2, 0) is 0 Å². The Kier molecular flexibility index (Phi) is 3.53. The highest BCUT2D eigenvalue weighted by Gasteiger charge is 2.11. The van der Waals surface area contributed by atoms with Crippen LogP contribution in [0.4, 0.5) is 5.69 Å². The summed E-state index contributed by atoms with van der Waals surface area (Å²) in [7, 11) is 0. The summed E-state index contributed by atoms with van der Waals surface area (Å²) in [6.07, 6.45) is 4.73. The fourth-order valence-electron chi connectivity index (χ4n) is 1.95. The fourth-order valence-corrected chi connectivity index (χ4v) is 1.95. The lowest BCUT2D eigenvalue weighted by Crippen LogP contribution is -1.96. The number of nitro groups is 1. The van der Waals surface area contributed by atoms with Gasteiger partial charge in [0.2, 0.25) is 5.88 Å². The highest BCUT2D eigenvalue weighted by atomic mass is 16.6. The number of hydrogen-bond donors (Lipinski definition) is 0. The first-order chi connectivity index (χ1) is 10.6. The molecule has 3 aromatic rings. The van der Waals surface area contributed by atoms with E-state index in [-0.39, 0.29) is 5.69 Å². The number of rotatable bonds is 4. The Bertz CT molecular complexity index is 798. The van der Waals surface area contributed by atoms with Gasteiger partial charge in [0.05, 0.1) is 10.6 Å². The zero-order valence-electron chi connectivity index (χ0n) is 11.7. The van der Waals surface area contributed by atoms with E-state index in [2.05, 4.69) is 10.1 Å². The molecule has 2 heterocycles. The average molecular weight is 296 g/mol. The molecule has 0 amide bonds. The van der Waals surface area contributed by atoms with Crippen LogP contribution in [0.15, 0.2) is 55.0 Å². The second kappa shape index (κ2) is 5.65. The van der Waals surface area contributed by atoms with Crippen LogP contribution in [0.1, 0.15) is 5.56 Å². The Balaban J connectivity index is 1.80. The molecule has 3 rings (SSSR count). The van der Waals surface area contributed by atoms with E-state index in [0.29, 0.717) is 17.2 Å². The highest BCUT2D eigenvalue weighted by molar-refractivity contribution is 5.41. The lowest BCUT2D eigenvalue weighted by atomic mass is 10.2. The SMILES string of the molecule is Cc1cc([N+](=O)[O-])cnc1Oc1ccc(-n2cccn2)cc1. The molecule has 0 fully saturated rings. The van der Waals surface area contributed by atoms with Crippen molar-refractivity contribution in [2.24, 2.45) is 0 Å². The van der Waals surface area contributed by atoms with Crippen LogP contribution in [0, 0.1) is 17.0 Å². The fraction of sp³-hybridized carbons (Fsp3) is 0.0667. The van der Waals surface area contributed by atoms with E-state index in [0.717, 1.165) is 5.69 Å². The number of aromatic nitrogens is 3. The monoisotopic (exact) mass is 296 g/mol. The van der Waals surface area contributed by atoms with Crippen molar-refractivity contribution in [1.29, 1.82) is 0 Å². The van der Waals surface area contributed by atoms with Crippen molar-refractivity contribution in [3.05, 3.63) is 70.7 Å². The highest BCUT2D eigenvalue weighted by Crippen LogP contribution is 2.26. The zero-order valence-corrected chi connectivity index (χ0v) is 11.7. The maximum Gasteiger partial charge on any atom is 0.288 e. The zero-order chi connectivity index (χ0) is 15.5. The Morgan fingerprint density at radius 2 is 2.05 bits per heavy atom. The largest absolute Gasteiger partial charge is 0.439 e. The molecule has 7 heteroatoms. The van der Waals surface area contributed by atoms with Gasteiger partial charge in [0.25, 0.3) is 5.69 Å². The third-order valence-corrected chi connectivity index (χ3v) is 3.05. The number of ether oxygens (including phenoxy) is 1. The maximum atomic E-state index is 10.7. The molecule has 0 unspecified atom stereocenters. The van der Waals surface area contributed by atoms with Gasteiger partial charge in [-0.2, -0.15) is 5.10 Å². The molecule has 0 aliphatic heterocycles. The minimum atomic E-state index is -0.483. The molecule has 0 aliphatic carbocycles. The van der Waals surface area contributed by atoms with Gasteiger partial charge in [0.15, 0.2) is 0 Å². The van der Waals surface area contributed by atoms with Crippen LogP contribution in [0.5, 0.6) is 11.6 Å². The topological polar surface area (TPSA) is 83.1 Å². The lowest BCUT2D eigenvalue weighted by Gasteiger charge is -2.08. The van der Waals surface area contributed by atoms with Crippen LogP contribution in [0.3, 0.4) is 0 Å². The number of hydrogen-bond acceptors (Lipinski definition) is 5. The van der Waals surface area contributed by atoms with Crippen molar-refractivity contribution >= 4 is 5.69 Å². The molecule has 0 aliphatic rings. The minimum absolute atomic E-state index is 0.0566. The molecule has 0 saturated carbocycles. The summed E-state index contributed by atoms with van der Waals surface area (Å²) in [5, 5.41) is 14.8. The van der Waals surface area contributed by atoms with Crippen LogP contribution < -0.4 is 4.74 Å². The molecule has 0 atom stereocenters. The molecular weight excluding hydrogens is 284 g/mol. The van der Waals surface area contributed by atoms with E-state index in [1.165, 1.54) is 12.3 Å². The lowest BCUT2D eigenvalue weighted by molar-refractivity contribution is -0.385. The van der Waals surface area contributed by atoms with Gasteiger partial charge in [-0.05, 0) is 37.3 Å². The van der Waals surface area contributed by atoms with Crippen LogP contribution in [-0.4, -0.2) is 19.7 Å². The first-order valence-corrected chi connectivity index (χ1v) is 6.52. The number of benzene rings is 1. The van der Waals surface area contributed by atoms with Gasteiger partial charge >= 0.3 is 0 Å². The van der Waals surface area contributed by atoms with E-state index in [1.54, 1.807) is 29.9 Å². The van der Waals surface area contributed by atoms with Crippen molar-refractivity contribution in [3.8, 4) is 17.3 Å². The van der Waals surface area contributed by atoms with Gasteiger partial charge in [-0.1, -0.05) is 0 Å². The molecule has 1 aromatic carbocycles. The second-order valence-electron chi connectivity index (χ2n) is 4.62. The van der Waals surface area contributed by atoms with Crippen molar-refractivity contribution in [1.82, 2.24) is 14.8 Å². The van der Waals surface area contributed by atoms with Crippen molar-refractivity contribution < 1.29 is 9.66 Å². The third kappa shape index (κ3) is 2.78. The quantitative estimate of drug-likeness (QED) is 0.545. The molecule has 0 radical (unpaired) electrons. The second-order valence-corrected chi connectivity index (χ2v) is 4.62. The number of nitrogens with zero attached hydrogens (tertiary/aromatic N) is 4. The van der Waals surface area contributed by atoms with Crippen molar-refractivity contribution in [2.75, 3.05) is 0 Å². The van der Waals surface area contributed by atoms with E-state index >= 15 is 0 Å². The van der Waals surface area contributed by atoms with Crippen molar-refractivity contribution in [3.63, 3.8) is 0 Å². The standard InChI is InChI=1S/C15H12N4O3/c1-11-9-13(19(20)21)10-16-15(11)22-14-5-3-12(4-6-14)18-8-2-7-17-18/h2-10H,1H3. The summed E-state index contributed by atoms with van der Waals surface area (Å²) < 4.78 is 7.39. The molecule has 0 bridgehead atoms. The predicted octanol–water partition coefficient (Wildman–Crippen LogP) is 3.28. The van der Waals surface area contributed by atoms with Crippen LogP contribution in [0.2, 0.25) is 0 Å². The van der Waals surface area contributed by atoms with Gasteiger partial charge in [-0.3, -0.25) is 10.1 Å². The summed E-state index contributed by atoms with van der Waals surface area (Å²) in [4.78, 5) is 14.2. The normalized spacial score (nSPS) is 10.4. The van der Waals surface area contributed by atoms with Crippen molar-refractivity contribution in [2.45, 2.75) is 6.92 Å². The predicted molar refractivity (Wildman–Crippen MR) is 79.3 cm³/mol. The van der Waals surface area contributed by atoms with Gasteiger partial charge in [0, 0.05) is 24.0 Å². The molecule has 7 nitrogen and oxygen atoms in total. The first kappa shape index (κ1) is 13.7. The minimum Gasteiger partial charge on any atom is -0.439 e. The summed E-state index contributed by atoms with van der Waals surface area (Å²) >= 11 is 0. The third-order valence-electron chi connectivity index (χ3n) is 3.05. The van der Waals surface area contributed by atoms with Crippen LogP contribution >= 0.6 is 0 Å². The molecule has 2 aromatic heterocycles. The van der Waals surface area contributed by atoms with E-state index in [9.17, 15) is 10.1 Å². The molecule has 0 spiro atoms. The van der Waals surface area contributed by atoms with Gasteiger partial charge < -0.3 is 4.74 Å². The summed E-state index contributed by atoms with van der Waals surface area (Å²) in [6.45, 7) is 1.72. The smallest absolute Gasteiger partial charge is 0.288 e. The Labute approximate surface area is 126 Å². The molecular formula is C15H12N4O3. The summed E-state index contributed by atoms with van der Waals surface area (Å²) in [5.74, 6) is 0.942. The molecule has 110 valence electrons. The van der Waals surface area contributed by atoms with Gasteiger partial charge in [0.1, 0.15) is 11.9 Å². The number of pyridine rings is 1. The average Bonchev–Trinajstić information content (AvgIpc) is 3.04. The van der Waals surface area contributed by atoms with Gasteiger partial charge in [-0.25, -0.2) is 9.67 Å². The Hall–Kier alpha value is -3.22. The van der Waals surface area contributed by atoms with E-state index in [1.807, 2.05) is 24.4 Å². The van der Waals surface area contributed by atoms with Crippen LogP contribution in [0.25, 0.3) is 5.69 Å². The summed E-state index contributed by atoms with van der Waals surface area (Å²) in [6, 6.07) is 10.6. The molecule has 0 N–H and O–H groups in total.